The van der Waals surface area contributed by atoms with Gasteiger partial charge < -0.3 is 5.32 Å². The van der Waals surface area contributed by atoms with Gasteiger partial charge in [0.05, 0.1) is 5.69 Å². The summed E-state index contributed by atoms with van der Waals surface area (Å²) in [7, 11) is -3.97. The smallest absolute Gasteiger partial charge is 0.273 e. The molecule has 0 unspecified atom stereocenters. The number of carbonyl (C=O) groups is 2. The Labute approximate surface area is 130 Å². The Kier molecular flexibility index (Phi) is 4.57. The van der Waals surface area contributed by atoms with Crippen LogP contribution in [0.1, 0.15) is 17.3 Å². The van der Waals surface area contributed by atoms with Crippen molar-refractivity contribution in [2.75, 3.05) is 5.32 Å². The third-order valence-corrected chi connectivity index (χ3v) is 5.25. The summed E-state index contributed by atoms with van der Waals surface area (Å²) < 4.78 is 39.2. The number of nitrogens with one attached hydrogen (secondary N) is 2. The maximum atomic E-state index is 13.5. The van der Waals surface area contributed by atoms with E-state index in [9.17, 15) is 22.4 Å². The zero-order chi connectivity index (χ0) is 16.3. The summed E-state index contributed by atoms with van der Waals surface area (Å²) in [6, 6.07) is 6.05. The number of hydrogen-bond donors (Lipinski definition) is 2. The molecule has 1 heterocycles. The molecular weight excluding hydrogens is 331 g/mol. The molecule has 2 rings (SSSR count). The Morgan fingerprint density at radius 3 is 2.55 bits per heavy atom. The number of anilines is 1. The Balaban J connectivity index is 2.25. The highest BCUT2D eigenvalue weighted by Gasteiger charge is 2.20. The van der Waals surface area contributed by atoms with E-state index in [4.69, 9.17) is 0 Å². The third kappa shape index (κ3) is 3.68. The molecule has 0 atom stereocenters. The lowest BCUT2D eigenvalue weighted by Gasteiger charge is -2.08. The highest BCUT2D eigenvalue weighted by Crippen LogP contribution is 2.18. The zero-order valence-electron chi connectivity index (χ0n) is 11.3. The molecule has 0 aliphatic heterocycles. The minimum absolute atomic E-state index is 0.00922. The molecule has 9 heteroatoms. The second-order valence-corrected chi connectivity index (χ2v) is 7.10. The second-order valence-electron chi connectivity index (χ2n) is 4.24. The first-order valence-corrected chi connectivity index (χ1v) is 8.33. The van der Waals surface area contributed by atoms with E-state index in [0.29, 0.717) is 0 Å². The molecule has 6 nitrogen and oxygen atoms in total. The highest BCUT2D eigenvalue weighted by molar-refractivity contribution is 7.92. The van der Waals surface area contributed by atoms with Crippen molar-refractivity contribution in [3.8, 4) is 0 Å². The molecule has 116 valence electrons. The van der Waals surface area contributed by atoms with Crippen molar-refractivity contribution in [2.24, 2.45) is 0 Å². The largest absolute Gasteiger partial charge is 0.324 e. The van der Waals surface area contributed by atoms with Gasteiger partial charge in [0.1, 0.15) is 10.0 Å². The second kappa shape index (κ2) is 6.24. The SMILES string of the molecule is CC(=O)Nc1cc(C(=O)NS(=O)(=O)c2cccs2)ccc1F. The van der Waals surface area contributed by atoms with Crippen LogP contribution in [0.25, 0.3) is 0 Å². The minimum atomic E-state index is -3.97. The molecule has 0 radical (unpaired) electrons. The molecule has 0 bridgehead atoms. The first-order valence-electron chi connectivity index (χ1n) is 5.97. The van der Waals surface area contributed by atoms with Gasteiger partial charge >= 0.3 is 0 Å². The number of rotatable bonds is 4. The average molecular weight is 342 g/mol. The molecule has 0 saturated heterocycles. The molecule has 1 aromatic heterocycles. The lowest BCUT2D eigenvalue weighted by molar-refractivity contribution is -0.114. The lowest BCUT2D eigenvalue weighted by atomic mass is 10.2. The summed E-state index contributed by atoms with van der Waals surface area (Å²) in [5.41, 5.74) is -0.293. The van der Waals surface area contributed by atoms with Crippen molar-refractivity contribution in [2.45, 2.75) is 11.1 Å². The Morgan fingerprint density at radius 1 is 1.23 bits per heavy atom. The first-order chi connectivity index (χ1) is 10.3. The number of amides is 2. The highest BCUT2D eigenvalue weighted by atomic mass is 32.2. The van der Waals surface area contributed by atoms with Gasteiger partial charge in [-0.15, -0.1) is 11.3 Å². The van der Waals surface area contributed by atoms with E-state index in [1.165, 1.54) is 19.1 Å². The van der Waals surface area contributed by atoms with E-state index < -0.39 is 27.7 Å². The van der Waals surface area contributed by atoms with Gasteiger partial charge in [0.15, 0.2) is 0 Å². The van der Waals surface area contributed by atoms with Crippen LogP contribution in [-0.2, 0) is 14.8 Å². The van der Waals surface area contributed by atoms with Gasteiger partial charge in [-0.3, -0.25) is 9.59 Å². The average Bonchev–Trinajstić information content (AvgIpc) is 2.95. The summed E-state index contributed by atoms with van der Waals surface area (Å²) in [5, 5.41) is 3.78. The third-order valence-electron chi connectivity index (χ3n) is 2.53. The number of thiophene rings is 1. The van der Waals surface area contributed by atoms with E-state index in [0.717, 1.165) is 29.5 Å². The quantitative estimate of drug-likeness (QED) is 0.888. The maximum absolute atomic E-state index is 13.5. The molecule has 22 heavy (non-hydrogen) atoms. The normalized spacial score (nSPS) is 11.0. The van der Waals surface area contributed by atoms with Crippen LogP contribution in [0.15, 0.2) is 39.9 Å². The van der Waals surface area contributed by atoms with Crippen LogP contribution in [-0.4, -0.2) is 20.2 Å². The van der Waals surface area contributed by atoms with Crippen LogP contribution < -0.4 is 10.0 Å². The summed E-state index contributed by atoms with van der Waals surface area (Å²) in [5.74, 6) is -2.16. The summed E-state index contributed by atoms with van der Waals surface area (Å²) in [6.07, 6.45) is 0. The zero-order valence-corrected chi connectivity index (χ0v) is 12.9. The Morgan fingerprint density at radius 2 is 1.95 bits per heavy atom. The fourth-order valence-corrected chi connectivity index (χ4v) is 3.57. The summed E-state index contributed by atoms with van der Waals surface area (Å²) >= 11 is 0.961. The topological polar surface area (TPSA) is 92.3 Å². The standard InChI is InChI=1S/C13H11FN2O4S2/c1-8(17)15-11-7-9(4-5-10(11)14)13(18)16-22(19,20)12-3-2-6-21-12/h2-7H,1H3,(H,15,17)(H,16,18). The van der Waals surface area contributed by atoms with Gasteiger partial charge in [-0.2, -0.15) is 0 Å². The molecular formula is C13H11FN2O4S2. The van der Waals surface area contributed by atoms with Gasteiger partial charge in [0, 0.05) is 12.5 Å². The van der Waals surface area contributed by atoms with E-state index >= 15 is 0 Å². The van der Waals surface area contributed by atoms with Crippen LogP contribution in [0.5, 0.6) is 0 Å². The van der Waals surface area contributed by atoms with Crippen LogP contribution in [0.4, 0.5) is 10.1 Å². The van der Waals surface area contributed by atoms with Gasteiger partial charge in [0.25, 0.3) is 15.9 Å². The molecule has 0 aliphatic carbocycles. The van der Waals surface area contributed by atoms with Crippen LogP contribution >= 0.6 is 11.3 Å². The predicted molar refractivity (Wildman–Crippen MR) is 79.7 cm³/mol. The minimum Gasteiger partial charge on any atom is -0.324 e. The predicted octanol–water partition coefficient (Wildman–Crippen LogP) is 1.96. The molecule has 0 fully saturated rings. The van der Waals surface area contributed by atoms with E-state index in [-0.39, 0.29) is 15.5 Å². The molecule has 2 aromatic rings. The van der Waals surface area contributed by atoms with E-state index in [1.807, 2.05) is 4.72 Å². The molecule has 0 saturated carbocycles. The van der Waals surface area contributed by atoms with Crippen molar-refractivity contribution in [1.82, 2.24) is 4.72 Å². The summed E-state index contributed by atoms with van der Waals surface area (Å²) in [4.78, 5) is 22.9. The summed E-state index contributed by atoms with van der Waals surface area (Å²) in [6.45, 7) is 1.19. The van der Waals surface area contributed by atoms with E-state index in [1.54, 1.807) is 5.38 Å². The van der Waals surface area contributed by atoms with Gasteiger partial charge in [-0.25, -0.2) is 17.5 Å². The Bertz CT molecular complexity index is 817. The number of hydrogen-bond acceptors (Lipinski definition) is 5. The van der Waals surface area contributed by atoms with Gasteiger partial charge in [-0.05, 0) is 29.6 Å². The van der Waals surface area contributed by atoms with Crippen molar-refractivity contribution < 1.29 is 22.4 Å². The van der Waals surface area contributed by atoms with Gasteiger partial charge in [-0.1, -0.05) is 6.07 Å². The molecule has 0 aliphatic rings. The van der Waals surface area contributed by atoms with Crippen molar-refractivity contribution in [3.05, 3.63) is 47.1 Å². The fraction of sp³-hybridized carbons (Fsp3) is 0.0769. The molecule has 0 spiro atoms. The molecule has 2 N–H and O–H groups in total. The van der Waals surface area contributed by atoms with Crippen molar-refractivity contribution in [3.63, 3.8) is 0 Å². The lowest BCUT2D eigenvalue weighted by Crippen LogP contribution is -2.30. The van der Waals surface area contributed by atoms with Crippen LogP contribution in [0, 0.1) is 5.82 Å². The van der Waals surface area contributed by atoms with Crippen molar-refractivity contribution >= 4 is 38.9 Å². The number of halogens is 1. The number of carbonyl (C=O) groups excluding carboxylic acids is 2. The van der Waals surface area contributed by atoms with Crippen LogP contribution in [0.3, 0.4) is 0 Å². The fourth-order valence-electron chi connectivity index (χ4n) is 1.60. The Hall–Kier alpha value is -2.26. The van der Waals surface area contributed by atoms with Gasteiger partial charge in [0.2, 0.25) is 5.91 Å². The van der Waals surface area contributed by atoms with Crippen molar-refractivity contribution in [1.29, 1.82) is 0 Å². The maximum Gasteiger partial charge on any atom is 0.273 e. The van der Waals surface area contributed by atoms with E-state index in [2.05, 4.69) is 5.32 Å². The number of benzene rings is 1. The molecule has 1 aromatic carbocycles. The van der Waals surface area contributed by atoms with Crippen LogP contribution in [0.2, 0.25) is 0 Å². The number of sulfonamides is 1. The molecule has 2 amide bonds. The first kappa shape index (κ1) is 16.1. The monoisotopic (exact) mass is 342 g/mol.